The molecule has 0 spiro atoms. The van der Waals surface area contributed by atoms with Gasteiger partial charge in [-0.2, -0.15) is 0 Å². The first-order chi connectivity index (χ1) is 11.7. The van der Waals surface area contributed by atoms with E-state index in [-0.39, 0.29) is 18.2 Å². The second-order valence-corrected chi connectivity index (χ2v) is 5.99. The Morgan fingerprint density at radius 3 is 2.96 bits per heavy atom. The summed E-state index contributed by atoms with van der Waals surface area (Å²) in [5.41, 5.74) is 0.683. The number of rotatable bonds is 9. The summed E-state index contributed by atoms with van der Waals surface area (Å²) in [6.45, 7) is 4.16. The number of nitrogens with one attached hydrogen (secondary N) is 3. The molecule has 1 unspecified atom stereocenters. The maximum Gasteiger partial charge on any atom is 0.237 e. The van der Waals surface area contributed by atoms with Gasteiger partial charge in [0.05, 0.1) is 19.1 Å². The number of piperazine rings is 1. The molecule has 0 radical (unpaired) electrons. The molecule has 6 heteroatoms. The van der Waals surface area contributed by atoms with Crippen LogP contribution in [-0.2, 0) is 9.59 Å². The van der Waals surface area contributed by atoms with Gasteiger partial charge in [-0.05, 0) is 18.6 Å². The Kier molecular flexibility index (Phi) is 7.55. The Bertz CT molecular complexity index is 548. The number of ether oxygens (including phenoxy) is 1. The first kappa shape index (κ1) is 18.3. The van der Waals surface area contributed by atoms with Crippen molar-refractivity contribution in [1.29, 1.82) is 0 Å². The van der Waals surface area contributed by atoms with Gasteiger partial charge in [0, 0.05) is 24.8 Å². The predicted molar refractivity (Wildman–Crippen MR) is 94.1 cm³/mol. The van der Waals surface area contributed by atoms with Crippen molar-refractivity contribution >= 4 is 17.5 Å². The maximum absolute atomic E-state index is 12.1. The highest BCUT2D eigenvalue weighted by Gasteiger charge is 2.23. The van der Waals surface area contributed by atoms with E-state index in [1.165, 1.54) is 19.3 Å². The van der Waals surface area contributed by atoms with E-state index in [1.54, 1.807) is 0 Å². The van der Waals surface area contributed by atoms with Crippen molar-refractivity contribution in [2.45, 2.75) is 45.1 Å². The predicted octanol–water partition coefficient (Wildman–Crippen LogP) is 2.06. The van der Waals surface area contributed by atoms with Crippen LogP contribution in [0.3, 0.4) is 0 Å². The van der Waals surface area contributed by atoms with Gasteiger partial charge >= 0.3 is 0 Å². The van der Waals surface area contributed by atoms with Gasteiger partial charge in [0.15, 0.2) is 0 Å². The fraction of sp³-hybridized carbons (Fsp3) is 0.556. The molecule has 3 N–H and O–H groups in total. The van der Waals surface area contributed by atoms with E-state index in [2.05, 4.69) is 22.9 Å². The molecule has 1 heterocycles. The Hall–Kier alpha value is -2.08. The quantitative estimate of drug-likeness (QED) is 0.604. The number of anilines is 1. The fourth-order valence-electron chi connectivity index (χ4n) is 2.59. The van der Waals surface area contributed by atoms with Gasteiger partial charge < -0.3 is 20.7 Å². The molecule has 0 aromatic heterocycles. The molecule has 0 saturated carbocycles. The van der Waals surface area contributed by atoms with Crippen molar-refractivity contribution in [3.8, 4) is 5.75 Å². The van der Waals surface area contributed by atoms with Crippen LogP contribution in [0, 0.1) is 0 Å². The number of benzene rings is 1. The molecule has 1 aromatic rings. The standard InChI is InChI=1S/C18H27N3O3/c1-2-3-4-5-11-24-15-8-6-7-14(12-15)21-17(22)13-16-18(23)20-10-9-19-16/h6-8,12,16,19H,2-5,9-11,13H2,1H3,(H,20,23)(H,21,22). The molecule has 0 aliphatic carbocycles. The largest absolute Gasteiger partial charge is 0.494 e. The lowest BCUT2D eigenvalue weighted by atomic mass is 10.1. The minimum absolute atomic E-state index is 0.119. The highest BCUT2D eigenvalue weighted by atomic mass is 16.5. The zero-order valence-corrected chi connectivity index (χ0v) is 14.3. The van der Waals surface area contributed by atoms with Gasteiger partial charge in [-0.15, -0.1) is 0 Å². The van der Waals surface area contributed by atoms with Crippen LogP contribution in [0.1, 0.15) is 39.0 Å². The van der Waals surface area contributed by atoms with Gasteiger partial charge in [0.2, 0.25) is 11.8 Å². The maximum atomic E-state index is 12.1. The average Bonchev–Trinajstić information content (AvgIpc) is 2.57. The molecule has 1 aliphatic rings. The van der Waals surface area contributed by atoms with Crippen LogP contribution in [0.25, 0.3) is 0 Å². The zero-order chi connectivity index (χ0) is 17.2. The summed E-state index contributed by atoms with van der Waals surface area (Å²) >= 11 is 0. The van der Waals surface area contributed by atoms with Crippen molar-refractivity contribution in [2.75, 3.05) is 25.0 Å². The third-order valence-electron chi connectivity index (χ3n) is 3.91. The van der Waals surface area contributed by atoms with Crippen LogP contribution < -0.4 is 20.7 Å². The summed E-state index contributed by atoms with van der Waals surface area (Å²) in [5.74, 6) is 0.433. The third kappa shape index (κ3) is 6.20. The number of amides is 2. The molecule has 132 valence electrons. The lowest BCUT2D eigenvalue weighted by Crippen LogP contribution is -2.53. The van der Waals surface area contributed by atoms with Gasteiger partial charge in [-0.1, -0.05) is 32.3 Å². The minimum atomic E-state index is -0.461. The van der Waals surface area contributed by atoms with Gasteiger partial charge in [-0.25, -0.2) is 0 Å². The average molecular weight is 333 g/mol. The summed E-state index contributed by atoms with van der Waals surface area (Å²) in [4.78, 5) is 23.8. The van der Waals surface area contributed by atoms with E-state index >= 15 is 0 Å². The lowest BCUT2D eigenvalue weighted by molar-refractivity contribution is -0.127. The molecule has 0 bridgehead atoms. The lowest BCUT2D eigenvalue weighted by Gasteiger charge is -2.22. The van der Waals surface area contributed by atoms with Crippen molar-refractivity contribution in [1.82, 2.24) is 10.6 Å². The molecule has 1 fully saturated rings. The third-order valence-corrected chi connectivity index (χ3v) is 3.91. The molecule has 1 atom stereocenters. The van der Waals surface area contributed by atoms with Gasteiger partial charge in [0.1, 0.15) is 5.75 Å². The van der Waals surface area contributed by atoms with Gasteiger partial charge in [-0.3, -0.25) is 9.59 Å². The van der Waals surface area contributed by atoms with Crippen LogP contribution in [0.5, 0.6) is 5.75 Å². The van der Waals surface area contributed by atoms with Crippen LogP contribution >= 0.6 is 0 Å². The molecule has 1 aromatic carbocycles. The molecule has 1 saturated heterocycles. The smallest absolute Gasteiger partial charge is 0.237 e. The fourth-order valence-corrected chi connectivity index (χ4v) is 2.59. The van der Waals surface area contributed by atoms with Gasteiger partial charge in [0.25, 0.3) is 0 Å². The highest BCUT2D eigenvalue weighted by molar-refractivity contribution is 5.95. The number of carbonyl (C=O) groups excluding carboxylic acids is 2. The van der Waals surface area contributed by atoms with E-state index in [0.717, 1.165) is 12.2 Å². The second-order valence-electron chi connectivity index (χ2n) is 5.99. The first-order valence-corrected chi connectivity index (χ1v) is 8.73. The summed E-state index contributed by atoms with van der Waals surface area (Å²) in [7, 11) is 0. The van der Waals surface area contributed by atoms with Crippen LogP contribution in [0.4, 0.5) is 5.69 Å². The summed E-state index contributed by atoms with van der Waals surface area (Å²) in [5, 5.41) is 8.61. The Morgan fingerprint density at radius 2 is 2.17 bits per heavy atom. The Morgan fingerprint density at radius 1 is 1.29 bits per heavy atom. The topological polar surface area (TPSA) is 79.5 Å². The van der Waals surface area contributed by atoms with E-state index in [9.17, 15) is 9.59 Å². The van der Waals surface area contributed by atoms with Crippen molar-refractivity contribution < 1.29 is 14.3 Å². The molecule has 2 rings (SSSR count). The number of hydrogen-bond acceptors (Lipinski definition) is 4. The Labute approximate surface area is 143 Å². The SMILES string of the molecule is CCCCCCOc1cccc(NC(=O)CC2NCCNC2=O)c1. The molecule has 2 amide bonds. The summed E-state index contributed by atoms with van der Waals surface area (Å²) in [6.07, 6.45) is 4.75. The van der Waals surface area contributed by atoms with E-state index < -0.39 is 6.04 Å². The normalized spacial score (nSPS) is 17.2. The molecular weight excluding hydrogens is 306 g/mol. The van der Waals surface area contributed by atoms with E-state index in [1.807, 2.05) is 24.3 Å². The number of carbonyl (C=O) groups is 2. The van der Waals surface area contributed by atoms with E-state index in [4.69, 9.17) is 4.74 Å². The zero-order valence-electron chi connectivity index (χ0n) is 14.3. The first-order valence-electron chi connectivity index (χ1n) is 8.73. The highest BCUT2D eigenvalue weighted by Crippen LogP contribution is 2.18. The van der Waals surface area contributed by atoms with E-state index in [0.29, 0.717) is 25.4 Å². The van der Waals surface area contributed by atoms with Crippen LogP contribution in [-0.4, -0.2) is 37.6 Å². The van der Waals surface area contributed by atoms with Crippen LogP contribution in [0.15, 0.2) is 24.3 Å². The molecule has 1 aliphatic heterocycles. The molecule has 6 nitrogen and oxygen atoms in total. The monoisotopic (exact) mass is 333 g/mol. The number of hydrogen-bond donors (Lipinski definition) is 3. The Balaban J connectivity index is 1.78. The molecule has 24 heavy (non-hydrogen) atoms. The van der Waals surface area contributed by atoms with Crippen molar-refractivity contribution in [3.05, 3.63) is 24.3 Å². The number of unbranched alkanes of at least 4 members (excludes halogenated alkanes) is 3. The second kappa shape index (κ2) is 9.93. The minimum Gasteiger partial charge on any atom is -0.494 e. The van der Waals surface area contributed by atoms with Crippen LogP contribution in [0.2, 0.25) is 0 Å². The summed E-state index contributed by atoms with van der Waals surface area (Å²) < 4.78 is 5.71. The van der Waals surface area contributed by atoms with Crippen molar-refractivity contribution in [2.24, 2.45) is 0 Å². The van der Waals surface area contributed by atoms with Crippen molar-refractivity contribution in [3.63, 3.8) is 0 Å². The summed E-state index contributed by atoms with van der Waals surface area (Å²) in [6, 6.07) is 6.90. The molecular formula is C18H27N3O3.